The SMILES string of the molecule is Cn1ccc2c(c1=O)c1ccc(Br)nc1n2C. The molecule has 86 valence electrons. The van der Waals surface area contributed by atoms with Crippen molar-refractivity contribution in [3.63, 3.8) is 0 Å². The van der Waals surface area contributed by atoms with E-state index in [4.69, 9.17) is 0 Å². The monoisotopic (exact) mass is 291 g/mol. The lowest BCUT2D eigenvalue weighted by Crippen LogP contribution is -2.15. The lowest BCUT2D eigenvalue weighted by atomic mass is 10.2. The maximum atomic E-state index is 12.2. The first-order valence-corrected chi connectivity index (χ1v) is 5.99. The number of rotatable bonds is 0. The maximum Gasteiger partial charge on any atom is 0.260 e. The van der Waals surface area contributed by atoms with Crippen molar-refractivity contribution in [1.82, 2.24) is 14.1 Å². The number of halogens is 1. The van der Waals surface area contributed by atoms with Crippen molar-refractivity contribution in [3.05, 3.63) is 39.4 Å². The Morgan fingerprint density at radius 1 is 1.24 bits per heavy atom. The fraction of sp³-hybridized carbons (Fsp3) is 0.167. The van der Waals surface area contributed by atoms with Crippen LogP contribution in [0.3, 0.4) is 0 Å². The standard InChI is InChI=1S/C12H10BrN3O/c1-15-6-5-8-10(12(15)17)7-3-4-9(13)14-11(7)16(8)2/h3-6H,1-2H3. The molecule has 0 aromatic carbocycles. The van der Waals surface area contributed by atoms with Crippen LogP contribution in [0.25, 0.3) is 21.9 Å². The van der Waals surface area contributed by atoms with Crippen molar-refractivity contribution in [3.8, 4) is 0 Å². The predicted molar refractivity (Wildman–Crippen MR) is 71.2 cm³/mol. The summed E-state index contributed by atoms with van der Waals surface area (Å²) >= 11 is 3.35. The Bertz CT molecular complexity index is 801. The normalized spacial score (nSPS) is 11.5. The van der Waals surface area contributed by atoms with Crippen molar-refractivity contribution < 1.29 is 0 Å². The van der Waals surface area contributed by atoms with Crippen LogP contribution in [0.15, 0.2) is 33.8 Å². The van der Waals surface area contributed by atoms with Gasteiger partial charge >= 0.3 is 0 Å². The molecule has 0 aliphatic rings. The van der Waals surface area contributed by atoms with Crippen LogP contribution in [-0.2, 0) is 14.1 Å². The van der Waals surface area contributed by atoms with Gasteiger partial charge in [-0.05, 0) is 34.1 Å². The molecule has 5 heteroatoms. The first-order valence-electron chi connectivity index (χ1n) is 5.20. The number of aryl methyl sites for hydroxylation is 2. The van der Waals surface area contributed by atoms with Crippen molar-refractivity contribution in [1.29, 1.82) is 0 Å². The number of aromatic nitrogens is 3. The summed E-state index contributed by atoms with van der Waals surface area (Å²) in [6, 6.07) is 5.72. The average Bonchev–Trinajstić information content (AvgIpc) is 2.58. The lowest BCUT2D eigenvalue weighted by Gasteiger charge is -1.98. The fourth-order valence-electron chi connectivity index (χ4n) is 2.14. The lowest BCUT2D eigenvalue weighted by molar-refractivity contribution is 0.870. The van der Waals surface area contributed by atoms with Crippen LogP contribution in [0, 0.1) is 0 Å². The summed E-state index contributed by atoms with van der Waals surface area (Å²) in [6.45, 7) is 0. The van der Waals surface area contributed by atoms with E-state index in [1.54, 1.807) is 17.8 Å². The van der Waals surface area contributed by atoms with Gasteiger partial charge in [-0.25, -0.2) is 4.98 Å². The minimum absolute atomic E-state index is 0.0113. The second-order valence-corrected chi connectivity index (χ2v) is 4.87. The Kier molecular flexibility index (Phi) is 2.13. The minimum atomic E-state index is 0.0113. The molecule has 0 saturated carbocycles. The van der Waals surface area contributed by atoms with E-state index in [9.17, 15) is 4.79 Å². The van der Waals surface area contributed by atoms with Crippen molar-refractivity contribution in [2.24, 2.45) is 14.1 Å². The Morgan fingerprint density at radius 3 is 2.76 bits per heavy atom. The zero-order chi connectivity index (χ0) is 12.2. The summed E-state index contributed by atoms with van der Waals surface area (Å²) in [6.07, 6.45) is 1.78. The molecule has 0 N–H and O–H groups in total. The molecule has 0 unspecified atom stereocenters. The zero-order valence-electron chi connectivity index (χ0n) is 9.44. The van der Waals surface area contributed by atoms with Gasteiger partial charge in [-0.2, -0.15) is 0 Å². The van der Waals surface area contributed by atoms with Crippen LogP contribution in [-0.4, -0.2) is 14.1 Å². The van der Waals surface area contributed by atoms with E-state index in [0.29, 0.717) is 0 Å². The van der Waals surface area contributed by atoms with Gasteiger partial charge in [-0.15, -0.1) is 0 Å². The van der Waals surface area contributed by atoms with Crippen LogP contribution in [0.5, 0.6) is 0 Å². The second-order valence-electron chi connectivity index (χ2n) is 4.06. The number of hydrogen-bond donors (Lipinski definition) is 0. The van der Waals surface area contributed by atoms with E-state index in [2.05, 4.69) is 20.9 Å². The van der Waals surface area contributed by atoms with Crippen LogP contribution in [0.1, 0.15) is 0 Å². The van der Waals surface area contributed by atoms with Gasteiger partial charge in [0.25, 0.3) is 5.56 Å². The highest BCUT2D eigenvalue weighted by molar-refractivity contribution is 9.10. The van der Waals surface area contributed by atoms with Crippen molar-refractivity contribution in [2.45, 2.75) is 0 Å². The van der Waals surface area contributed by atoms with E-state index < -0.39 is 0 Å². The molecule has 17 heavy (non-hydrogen) atoms. The Morgan fingerprint density at radius 2 is 2.00 bits per heavy atom. The van der Waals surface area contributed by atoms with Crippen LogP contribution in [0.2, 0.25) is 0 Å². The third-order valence-electron chi connectivity index (χ3n) is 3.04. The van der Waals surface area contributed by atoms with Gasteiger partial charge in [0.15, 0.2) is 0 Å². The van der Waals surface area contributed by atoms with Crippen molar-refractivity contribution >= 4 is 37.9 Å². The highest BCUT2D eigenvalue weighted by Crippen LogP contribution is 2.25. The average molecular weight is 292 g/mol. The smallest absolute Gasteiger partial charge is 0.260 e. The minimum Gasteiger partial charge on any atom is -0.328 e. The molecule has 4 nitrogen and oxygen atoms in total. The van der Waals surface area contributed by atoms with Gasteiger partial charge in [0, 0.05) is 25.7 Å². The molecular weight excluding hydrogens is 282 g/mol. The molecule has 0 aliphatic carbocycles. The first kappa shape index (κ1) is 10.5. The van der Waals surface area contributed by atoms with Gasteiger partial charge in [0.1, 0.15) is 10.3 Å². The number of hydrogen-bond acceptors (Lipinski definition) is 2. The Balaban J connectivity index is 2.69. The van der Waals surface area contributed by atoms with E-state index in [0.717, 1.165) is 26.5 Å². The molecule has 3 aromatic heterocycles. The summed E-state index contributed by atoms with van der Waals surface area (Å²) in [5.74, 6) is 0. The molecule has 0 fully saturated rings. The molecule has 3 aromatic rings. The molecule has 0 spiro atoms. The van der Waals surface area contributed by atoms with Gasteiger partial charge in [-0.1, -0.05) is 0 Å². The highest BCUT2D eigenvalue weighted by Gasteiger charge is 2.13. The highest BCUT2D eigenvalue weighted by atomic mass is 79.9. The summed E-state index contributed by atoms with van der Waals surface area (Å²) in [4.78, 5) is 16.6. The summed E-state index contributed by atoms with van der Waals surface area (Å²) in [5.41, 5.74) is 1.74. The quantitative estimate of drug-likeness (QED) is 0.596. The van der Waals surface area contributed by atoms with Crippen molar-refractivity contribution in [2.75, 3.05) is 0 Å². The fourth-order valence-corrected chi connectivity index (χ4v) is 2.44. The largest absolute Gasteiger partial charge is 0.328 e. The van der Waals surface area contributed by atoms with Crippen LogP contribution < -0.4 is 5.56 Å². The van der Waals surface area contributed by atoms with Gasteiger partial charge in [0.05, 0.1) is 10.9 Å². The van der Waals surface area contributed by atoms with Gasteiger partial charge in [-0.3, -0.25) is 4.79 Å². The molecule has 0 aliphatic heterocycles. The van der Waals surface area contributed by atoms with E-state index in [1.807, 2.05) is 29.8 Å². The summed E-state index contributed by atoms with van der Waals surface area (Å²) in [7, 11) is 3.68. The van der Waals surface area contributed by atoms with Crippen LogP contribution >= 0.6 is 15.9 Å². The second kappa shape index (κ2) is 3.43. The number of nitrogens with zero attached hydrogens (tertiary/aromatic N) is 3. The summed E-state index contributed by atoms with van der Waals surface area (Å²) < 4.78 is 4.30. The molecule has 0 saturated heterocycles. The topological polar surface area (TPSA) is 39.8 Å². The molecule has 0 bridgehead atoms. The maximum absolute atomic E-state index is 12.2. The number of fused-ring (bicyclic) bond motifs is 3. The van der Waals surface area contributed by atoms with E-state index in [-0.39, 0.29) is 5.56 Å². The van der Waals surface area contributed by atoms with Gasteiger partial charge < -0.3 is 9.13 Å². The molecule has 0 atom stereocenters. The molecule has 3 rings (SSSR count). The molecule has 0 amide bonds. The van der Waals surface area contributed by atoms with E-state index >= 15 is 0 Å². The Labute approximate surface area is 106 Å². The third-order valence-corrected chi connectivity index (χ3v) is 3.48. The first-order chi connectivity index (χ1) is 8.09. The van der Waals surface area contributed by atoms with Gasteiger partial charge in [0.2, 0.25) is 0 Å². The molecule has 0 radical (unpaired) electrons. The van der Waals surface area contributed by atoms with Crippen LogP contribution in [0.4, 0.5) is 0 Å². The molecule has 3 heterocycles. The number of pyridine rings is 2. The predicted octanol–water partition coefficient (Wildman–Crippen LogP) is 2.19. The zero-order valence-corrected chi connectivity index (χ0v) is 11.0. The summed E-state index contributed by atoms with van der Waals surface area (Å²) in [5, 5.41) is 1.62. The third kappa shape index (κ3) is 1.35. The van der Waals surface area contributed by atoms with E-state index in [1.165, 1.54) is 0 Å². The Hall–Kier alpha value is -1.62. The molecular formula is C12H10BrN3O.